The molecule has 160 valence electrons. The van der Waals surface area contributed by atoms with E-state index in [1.807, 2.05) is 34.7 Å². The van der Waals surface area contributed by atoms with Crippen LogP contribution in [0.3, 0.4) is 0 Å². The smallest absolute Gasteiger partial charge is 0.320 e. The normalized spacial score (nSPS) is 10.9. The van der Waals surface area contributed by atoms with Gasteiger partial charge in [-0.25, -0.2) is 4.98 Å². The molecule has 2 rings (SSSR count). The largest absolute Gasteiger partial charge is 0.466 e. The highest BCUT2D eigenvalue weighted by Gasteiger charge is 2.13. The fraction of sp³-hybridized carbons (Fsp3) is 0.550. The van der Waals surface area contributed by atoms with Crippen molar-refractivity contribution in [2.75, 3.05) is 43.0 Å². The van der Waals surface area contributed by atoms with Crippen molar-refractivity contribution in [3.05, 3.63) is 24.0 Å². The van der Waals surface area contributed by atoms with Gasteiger partial charge < -0.3 is 18.9 Å². The predicted molar refractivity (Wildman–Crippen MR) is 115 cm³/mol. The topological polar surface area (TPSA) is 73.7 Å². The van der Waals surface area contributed by atoms with Crippen LogP contribution in [0.5, 0.6) is 0 Å². The standard InChI is InChI=1S/C20H27Cl2N3O4/c1-3-28-19(26)6-4-5-18-23-16-13-15(7-8-17(16)24(18)2)25(10-9-21)11-12-29-20(27)14-22/h7-8,13H,3-6,9-12,14H2,1-2H3. The third kappa shape index (κ3) is 6.78. The van der Waals surface area contributed by atoms with Crippen LogP contribution in [-0.4, -0.2) is 59.6 Å². The summed E-state index contributed by atoms with van der Waals surface area (Å²) in [5.74, 6) is 0.587. The van der Waals surface area contributed by atoms with Crippen LogP contribution >= 0.6 is 23.2 Å². The highest BCUT2D eigenvalue weighted by Crippen LogP contribution is 2.23. The van der Waals surface area contributed by atoms with Gasteiger partial charge in [0.1, 0.15) is 18.3 Å². The fourth-order valence-corrected chi connectivity index (χ4v) is 3.34. The summed E-state index contributed by atoms with van der Waals surface area (Å²) in [6.07, 6.45) is 1.76. The molecule has 0 bridgehead atoms. The molecule has 1 aromatic carbocycles. The molecule has 0 N–H and O–H groups in total. The summed E-state index contributed by atoms with van der Waals surface area (Å²) in [7, 11) is 1.97. The molecular weight excluding hydrogens is 417 g/mol. The third-order valence-electron chi connectivity index (χ3n) is 4.50. The van der Waals surface area contributed by atoms with Crippen molar-refractivity contribution in [1.82, 2.24) is 9.55 Å². The Hall–Kier alpha value is -1.99. The molecule has 0 unspecified atom stereocenters. The lowest BCUT2D eigenvalue weighted by Gasteiger charge is -2.23. The van der Waals surface area contributed by atoms with E-state index < -0.39 is 5.97 Å². The van der Waals surface area contributed by atoms with Gasteiger partial charge >= 0.3 is 11.9 Å². The molecule has 0 amide bonds. The molecule has 0 spiro atoms. The van der Waals surface area contributed by atoms with Crippen LogP contribution < -0.4 is 4.90 Å². The molecule has 2 aromatic rings. The van der Waals surface area contributed by atoms with Crippen LogP contribution in [0.2, 0.25) is 0 Å². The Bertz CT molecular complexity index is 825. The number of halogens is 2. The second-order valence-corrected chi connectivity index (χ2v) is 7.09. The maximum Gasteiger partial charge on any atom is 0.320 e. The van der Waals surface area contributed by atoms with Gasteiger partial charge in [-0.2, -0.15) is 0 Å². The lowest BCUT2D eigenvalue weighted by Crippen LogP contribution is -2.30. The van der Waals surface area contributed by atoms with Gasteiger partial charge in [0.25, 0.3) is 0 Å². The van der Waals surface area contributed by atoms with Crippen molar-refractivity contribution in [2.45, 2.75) is 26.2 Å². The van der Waals surface area contributed by atoms with Crippen molar-refractivity contribution in [1.29, 1.82) is 0 Å². The molecule has 1 aromatic heterocycles. The molecule has 0 atom stereocenters. The van der Waals surface area contributed by atoms with Gasteiger partial charge in [-0.15, -0.1) is 23.2 Å². The number of carbonyl (C=O) groups excluding carboxylic acids is 2. The van der Waals surface area contributed by atoms with Gasteiger partial charge in [0.2, 0.25) is 0 Å². The Morgan fingerprint density at radius 1 is 1.17 bits per heavy atom. The molecule has 0 aliphatic carbocycles. The Morgan fingerprint density at radius 2 is 1.97 bits per heavy atom. The van der Waals surface area contributed by atoms with Crippen molar-refractivity contribution >= 4 is 51.9 Å². The number of alkyl halides is 2. The van der Waals surface area contributed by atoms with E-state index in [2.05, 4.69) is 0 Å². The highest BCUT2D eigenvalue weighted by molar-refractivity contribution is 6.26. The number of hydrogen-bond donors (Lipinski definition) is 0. The van der Waals surface area contributed by atoms with Crippen LogP contribution in [0.25, 0.3) is 11.0 Å². The fourth-order valence-electron chi connectivity index (χ4n) is 3.06. The quantitative estimate of drug-likeness (QED) is 0.370. The van der Waals surface area contributed by atoms with Crippen LogP contribution in [0, 0.1) is 0 Å². The summed E-state index contributed by atoms with van der Waals surface area (Å²) in [6.45, 7) is 3.57. The van der Waals surface area contributed by atoms with E-state index in [4.69, 9.17) is 37.7 Å². The average molecular weight is 444 g/mol. The van der Waals surface area contributed by atoms with E-state index in [1.54, 1.807) is 6.92 Å². The minimum Gasteiger partial charge on any atom is -0.466 e. The van der Waals surface area contributed by atoms with Crippen LogP contribution in [0.4, 0.5) is 5.69 Å². The summed E-state index contributed by atoms with van der Waals surface area (Å²) in [5.41, 5.74) is 2.84. The zero-order valence-electron chi connectivity index (χ0n) is 16.8. The second-order valence-electron chi connectivity index (χ2n) is 6.45. The SMILES string of the molecule is CCOC(=O)CCCc1nc2cc(N(CCCl)CCOC(=O)CCl)ccc2n1C. The monoisotopic (exact) mass is 443 g/mol. The number of fused-ring (bicyclic) bond motifs is 1. The maximum atomic E-state index is 11.5. The summed E-state index contributed by atoms with van der Waals surface area (Å²) in [5, 5.41) is 0. The number of aromatic nitrogens is 2. The molecule has 9 heteroatoms. The Labute approximate surface area is 180 Å². The number of aryl methyl sites for hydroxylation is 2. The van der Waals surface area contributed by atoms with E-state index in [-0.39, 0.29) is 18.5 Å². The lowest BCUT2D eigenvalue weighted by molar-refractivity contribution is -0.143. The van der Waals surface area contributed by atoms with Gasteiger partial charge in [0.15, 0.2) is 0 Å². The molecule has 29 heavy (non-hydrogen) atoms. The van der Waals surface area contributed by atoms with Crippen LogP contribution in [0.15, 0.2) is 18.2 Å². The van der Waals surface area contributed by atoms with Gasteiger partial charge in [0.05, 0.1) is 24.2 Å². The molecule has 0 fully saturated rings. The molecule has 1 heterocycles. The number of ether oxygens (including phenoxy) is 2. The molecule has 0 saturated carbocycles. The van der Waals surface area contributed by atoms with Crippen molar-refractivity contribution < 1.29 is 19.1 Å². The first-order chi connectivity index (χ1) is 14.0. The first-order valence-corrected chi connectivity index (χ1v) is 10.7. The number of esters is 2. The minimum atomic E-state index is -0.440. The first-order valence-electron chi connectivity index (χ1n) is 9.63. The van der Waals surface area contributed by atoms with E-state index in [0.717, 1.165) is 22.5 Å². The zero-order valence-corrected chi connectivity index (χ0v) is 18.3. The van der Waals surface area contributed by atoms with Crippen LogP contribution in [-0.2, 0) is 32.5 Å². The molecule has 0 aliphatic rings. The average Bonchev–Trinajstić information content (AvgIpc) is 3.02. The number of carbonyl (C=O) groups is 2. The molecule has 0 radical (unpaired) electrons. The zero-order chi connectivity index (χ0) is 21.2. The second kappa shape index (κ2) is 11.9. The van der Waals surface area contributed by atoms with E-state index in [9.17, 15) is 9.59 Å². The Balaban J connectivity index is 2.08. The third-order valence-corrected chi connectivity index (χ3v) is 4.88. The van der Waals surface area contributed by atoms with Crippen molar-refractivity contribution in [2.24, 2.45) is 7.05 Å². The molecule has 0 aliphatic heterocycles. The number of imidazole rings is 1. The van der Waals surface area contributed by atoms with Gasteiger partial charge in [-0.05, 0) is 31.5 Å². The number of anilines is 1. The number of hydrogen-bond acceptors (Lipinski definition) is 6. The van der Waals surface area contributed by atoms with E-state index >= 15 is 0 Å². The molecule has 0 saturated heterocycles. The summed E-state index contributed by atoms with van der Waals surface area (Å²) < 4.78 is 12.1. The molecular formula is C20H27Cl2N3O4. The summed E-state index contributed by atoms with van der Waals surface area (Å²) in [4.78, 5) is 29.5. The molecule has 7 nitrogen and oxygen atoms in total. The highest BCUT2D eigenvalue weighted by atomic mass is 35.5. The van der Waals surface area contributed by atoms with Gasteiger partial charge in [-0.3, -0.25) is 9.59 Å². The minimum absolute atomic E-state index is 0.158. The number of rotatable bonds is 12. The van der Waals surface area contributed by atoms with E-state index in [0.29, 0.717) is 44.8 Å². The van der Waals surface area contributed by atoms with Gasteiger partial charge in [-0.1, -0.05) is 0 Å². The Kier molecular flexibility index (Phi) is 9.54. The number of nitrogens with zero attached hydrogens (tertiary/aromatic N) is 3. The number of benzene rings is 1. The maximum absolute atomic E-state index is 11.5. The Morgan fingerprint density at radius 3 is 2.66 bits per heavy atom. The predicted octanol–water partition coefficient (Wildman–Crippen LogP) is 3.29. The van der Waals surface area contributed by atoms with E-state index in [1.165, 1.54) is 0 Å². The van der Waals surface area contributed by atoms with Crippen molar-refractivity contribution in [3.8, 4) is 0 Å². The first kappa shape index (κ1) is 23.3. The summed E-state index contributed by atoms with van der Waals surface area (Å²) in [6, 6.07) is 6.01. The lowest BCUT2D eigenvalue weighted by atomic mass is 10.2. The summed E-state index contributed by atoms with van der Waals surface area (Å²) >= 11 is 11.4. The van der Waals surface area contributed by atoms with Gasteiger partial charge in [0, 0.05) is 38.0 Å². The van der Waals surface area contributed by atoms with Crippen molar-refractivity contribution in [3.63, 3.8) is 0 Å². The van der Waals surface area contributed by atoms with Crippen LogP contribution in [0.1, 0.15) is 25.6 Å².